The Labute approximate surface area is 106 Å². The number of pyridine rings is 1. The van der Waals surface area contributed by atoms with Crippen LogP contribution in [-0.4, -0.2) is 19.5 Å². The third-order valence-electron chi connectivity index (χ3n) is 1.97. The van der Waals surface area contributed by atoms with E-state index in [1.165, 1.54) is 12.1 Å². The van der Waals surface area contributed by atoms with Gasteiger partial charge in [0.1, 0.15) is 5.15 Å². The highest BCUT2D eigenvalue weighted by Crippen LogP contribution is 2.32. The molecule has 0 amide bonds. The molecule has 17 heavy (non-hydrogen) atoms. The maximum Gasteiger partial charge on any atom is 0.301 e. The van der Waals surface area contributed by atoms with E-state index >= 15 is 0 Å². The zero-order chi connectivity index (χ0) is 12.4. The van der Waals surface area contributed by atoms with Crippen LogP contribution in [0.1, 0.15) is 0 Å². The van der Waals surface area contributed by atoms with Gasteiger partial charge in [-0.15, -0.1) is 0 Å². The average Bonchev–Trinajstić information content (AvgIpc) is 2.64. The van der Waals surface area contributed by atoms with Crippen LogP contribution in [-0.2, 0) is 7.05 Å². The molecule has 0 saturated carbocycles. The molecule has 8 heteroatoms. The molecule has 88 valence electrons. The first-order valence-electron chi connectivity index (χ1n) is 4.54. The Morgan fingerprint density at radius 1 is 1.53 bits per heavy atom. The summed E-state index contributed by atoms with van der Waals surface area (Å²) < 4.78 is 1.75. The van der Waals surface area contributed by atoms with E-state index in [4.69, 9.17) is 11.6 Å². The summed E-state index contributed by atoms with van der Waals surface area (Å²) in [6.07, 6.45) is 3.36. The van der Waals surface area contributed by atoms with Crippen molar-refractivity contribution in [2.24, 2.45) is 7.05 Å². The summed E-state index contributed by atoms with van der Waals surface area (Å²) in [5, 5.41) is 11.9. The van der Waals surface area contributed by atoms with Gasteiger partial charge in [-0.05, 0) is 17.8 Å². The van der Waals surface area contributed by atoms with Crippen molar-refractivity contribution in [1.29, 1.82) is 0 Å². The zero-order valence-corrected chi connectivity index (χ0v) is 10.3. The van der Waals surface area contributed by atoms with E-state index in [0.717, 1.165) is 11.8 Å². The highest BCUT2D eigenvalue weighted by atomic mass is 35.5. The molecule has 0 N–H and O–H groups in total. The van der Waals surface area contributed by atoms with Crippen LogP contribution in [0.25, 0.3) is 0 Å². The first-order chi connectivity index (χ1) is 8.08. The predicted octanol–water partition coefficient (Wildman–Crippen LogP) is 2.53. The van der Waals surface area contributed by atoms with Gasteiger partial charge in [0.25, 0.3) is 0 Å². The van der Waals surface area contributed by atoms with E-state index in [9.17, 15) is 10.1 Å². The molecule has 2 aromatic rings. The van der Waals surface area contributed by atoms with Crippen LogP contribution in [0, 0.1) is 10.1 Å². The molecular weight excluding hydrogens is 264 g/mol. The summed E-state index contributed by atoms with van der Waals surface area (Å²) in [4.78, 5) is 18.3. The molecule has 2 aromatic heterocycles. The summed E-state index contributed by atoms with van der Waals surface area (Å²) >= 11 is 6.83. The molecule has 0 saturated heterocycles. The fourth-order valence-corrected chi connectivity index (χ4v) is 2.24. The average molecular weight is 271 g/mol. The van der Waals surface area contributed by atoms with Gasteiger partial charge >= 0.3 is 5.69 Å². The van der Waals surface area contributed by atoms with Gasteiger partial charge in [-0.3, -0.25) is 10.1 Å². The van der Waals surface area contributed by atoms with Crippen molar-refractivity contribution in [3.8, 4) is 0 Å². The molecule has 2 rings (SSSR count). The lowest BCUT2D eigenvalue weighted by molar-refractivity contribution is -0.388. The number of aryl methyl sites for hydroxylation is 1. The minimum atomic E-state index is -0.491. The quantitative estimate of drug-likeness (QED) is 0.487. The summed E-state index contributed by atoms with van der Waals surface area (Å²) in [5.74, 6) is 0. The molecule has 0 aromatic carbocycles. The molecule has 0 bridgehead atoms. The molecule has 0 unspecified atom stereocenters. The number of nitro groups is 1. The lowest BCUT2D eigenvalue weighted by atomic mass is 10.4. The second-order valence-electron chi connectivity index (χ2n) is 3.14. The summed E-state index contributed by atoms with van der Waals surface area (Å²) in [7, 11) is 1.80. The third-order valence-corrected chi connectivity index (χ3v) is 3.25. The molecule has 0 aliphatic carbocycles. The summed E-state index contributed by atoms with van der Waals surface area (Å²) in [6, 6.07) is 2.72. The summed E-state index contributed by atoms with van der Waals surface area (Å²) in [6.45, 7) is 0. The Bertz CT molecular complexity index is 572. The van der Waals surface area contributed by atoms with Gasteiger partial charge < -0.3 is 4.57 Å². The number of halogens is 1. The number of aromatic nitrogens is 3. The maximum absolute atomic E-state index is 10.8. The molecule has 0 spiro atoms. The largest absolute Gasteiger partial charge is 0.329 e. The smallest absolute Gasteiger partial charge is 0.301 e. The van der Waals surface area contributed by atoms with Crippen LogP contribution in [0.15, 0.2) is 34.7 Å². The van der Waals surface area contributed by atoms with Crippen LogP contribution in [0.4, 0.5) is 5.69 Å². The first kappa shape index (κ1) is 11.9. The Morgan fingerprint density at radius 2 is 2.29 bits per heavy atom. The van der Waals surface area contributed by atoms with Crippen molar-refractivity contribution in [1.82, 2.24) is 14.5 Å². The van der Waals surface area contributed by atoms with Gasteiger partial charge in [0.2, 0.25) is 0 Å². The number of rotatable bonds is 3. The molecule has 2 heterocycles. The zero-order valence-electron chi connectivity index (χ0n) is 8.70. The van der Waals surface area contributed by atoms with Crippen LogP contribution in [0.5, 0.6) is 0 Å². The van der Waals surface area contributed by atoms with Crippen molar-refractivity contribution < 1.29 is 4.92 Å². The molecular formula is C9H7ClN4O2S. The van der Waals surface area contributed by atoms with E-state index in [1.54, 1.807) is 24.0 Å². The molecule has 0 atom stereocenters. The first-order valence-corrected chi connectivity index (χ1v) is 5.73. The van der Waals surface area contributed by atoms with Crippen LogP contribution in [0.3, 0.4) is 0 Å². The van der Waals surface area contributed by atoms with Crippen molar-refractivity contribution in [3.05, 3.63) is 39.8 Å². The predicted molar refractivity (Wildman–Crippen MR) is 63.2 cm³/mol. The van der Waals surface area contributed by atoms with Gasteiger partial charge in [-0.25, -0.2) is 9.97 Å². The topological polar surface area (TPSA) is 73.8 Å². The van der Waals surface area contributed by atoms with E-state index in [1.807, 2.05) is 0 Å². The lowest BCUT2D eigenvalue weighted by Gasteiger charge is -2.02. The van der Waals surface area contributed by atoms with E-state index < -0.39 is 4.92 Å². The molecule has 0 fully saturated rings. The second kappa shape index (κ2) is 4.72. The van der Waals surface area contributed by atoms with Crippen LogP contribution in [0.2, 0.25) is 5.15 Å². The van der Waals surface area contributed by atoms with Gasteiger partial charge in [0.15, 0.2) is 10.2 Å². The highest BCUT2D eigenvalue weighted by molar-refractivity contribution is 7.99. The van der Waals surface area contributed by atoms with Crippen molar-refractivity contribution >= 4 is 29.1 Å². The van der Waals surface area contributed by atoms with Crippen molar-refractivity contribution in [3.63, 3.8) is 0 Å². The van der Waals surface area contributed by atoms with E-state index in [2.05, 4.69) is 9.97 Å². The minimum absolute atomic E-state index is 0.0811. The standard InChI is InChI=1S/C9H7ClN4O2S/c1-13-5-4-11-9(13)17-8-6(14(15)16)2-3-7(10)12-8/h2-5H,1H3. The lowest BCUT2D eigenvalue weighted by Crippen LogP contribution is -1.95. The molecule has 6 nitrogen and oxygen atoms in total. The van der Waals surface area contributed by atoms with Crippen LogP contribution >= 0.6 is 23.4 Å². The Kier molecular flexibility index (Phi) is 3.30. The van der Waals surface area contributed by atoms with Crippen molar-refractivity contribution in [2.75, 3.05) is 0 Å². The molecule has 0 aliphatic heterocycles. The van der Waals surface area contributed by atoms with Crippen molar-refractivity contribution in [2.45, 2.75) is 10.2 Å². The van der Waals surface area contributed by atoms with E-state index in [-0.39, 0.29) is 15.9 Å². The number of imidazole rings is 1. The fraction of sp³-hybridized carbons (Fsp3) is 0.111. The molecule has 0 radical (unpaired) electrons. The highest BCUT2D eigenvalue weighted by Gasteiger charge is 2.18. The summed E-state index contributed by atoms with van der Waals surface area (Å²) in [5.41, 5.74) is -0.0811. The van der Waals surface area contributed by atoms with E-state index in [0.29, 0.717) is 5.16 Å². The molecule has 0 aliphatic rings. The number of nitrogens with zero attached hydrogens (tertiary/aromatic N) is 4. The normalized spacial score (nSPS) is 10.5. The number of hydrogen-bond acceptors (Lipinski definition) is 5. The fourth-order valence-electron chi connectivity index (χ4n) is 1.16. The van der Waals surface area contributed by atoms with Gasteiger partial charge in [-0.1, -0.05) is 11.6 Å². The maximum atomic E-state index is 10.8. The number of hydrogen-bond donors (Lipinski definition) is 0. The third kappa shape index (κ3) is 2.56. The van der Waals surface area contributed by atoms with Crippen LogP contribution < -0.4 is 0 Å². The van der Waals surface area contributed by atoms with Gasteiger partial charge in [0.05, 0.1) is 4.92 Å². The Morgan fingerprint density at radius 3 is 2.88 bits per heavy atom. The van der Waals surface area contributed by atoms with Gasteiger partial charge in [-0.2, -0.15) is 0 Å². The Balaban J connectivity index is 2.41. The minimum Gasteiger partial charge on any atom is -0.329 e. The second-order valence-corrected chi connectivity index (χ2v) is 4.48. The SMILES string of the molecule is Cn1ccnc1Sc1nc(Cl)ccc1[N+](=O)[O-]. The van der Waals surface area contributed by atoms with Gasteiger partial charge in [0, 0.05) is 25.5 Å². The monoisotopic (exact) mass is 270 g/mol. The Hall–Kier alpha value is -1.60.